The normalized spacial score (nSPS) is 15.3. The van der Waals surface area contributed by atoms with Gasteiger partial charge in [0, 0.05) is 31.1 Å². The molecule has 0 spiro atoms. The SMILES string of the molecule is COCCOCc1nc(C2CCN(C(=O)Cc3cccc(Cl)c3)CC2)no1. The van der Waals surface area contributed by atoms with Crippen LogP contribution >= 0.6 is 11.6 Å². The van der Waals surface area contributed by atoms with E-state index in [2.05, 4.69) is 10.1 Å². The second-order valence-corrected chi connectivity index (χ2v) is 6.99. The van der Waals surface area contributed by atoms with E-state index < -0.39 is 0 Å². The Morgan fingerprint density at radius 3 is 2.89 bits per heavy atom. The van der Waals surface area contributed by atoms with E-state index in [1.807, 2.05) is 29.2 Å². The first-order valence-electron chi connectivity index (χ1n) is 9.07. The number of likely N-dealkylation sites (tertiary alicyclic amines) is 1. The molecular weight excluding hydrogens is 370 g/mol. The van der Waals surface area contributed by atoms with Gasteiger partial charge in [0.05, 0.1) is 19.6 Å². The van der Waals surface area contributed by atoms with Gasteiger partial charge in [-0.3, -0.25) is 4.79 Å². The number of rotatable bonds is 8. The summed E-state index contributed by atoms with van der Waals surface area (Å²) in [5.74, 6) is 1.50. The van der Waals surface area contributed by atoms with E-state index in [4.69, 9.17) is 25.6 Å². The molecule has 3 rings (SSSR count). The molecule has 0 saturated carbocycles. The summed E-state index contributed by atoms with van der Waals surface area (Å²) < 4.78 is 15.6. The number of hydrogen-bond donors (Lipinski definition) is 0. The Hall–Kier alpha value is -1.96. The summed E-state index contributed by atoms with van der Waals surface area (Å²) in [4.78, 5) is 18.8. The Morgan fingerprint density at radius 2 is 2.15 bits per heavy atom. The van der Waals surface area contributed by atoms with Gasteiger partial charge in [0.25, 0.3) is 5.89 Å². The molecule has 1 saturated heterocycles. The number of hydrogen-bond acceptors (Lipinski definition) is 6. The minimum absolute atomic E-state index is 0.121. The van der Waals surface area contributed by atoms with Crippen LogP contribution in [0.2, 0.25) is 5.02 Å². The first-order valence-corrected chi connectivity index (χ1v) is 9.45. The predicted octanol–water partition coefficient (Wildman–Crippen LogP) is 2.83. The maximum Gasteiger partial charge on any atom is 0.252 e. The van der Waals surface area contributed by atoms with Gasteiger partial charge in [-0.15, -0.1) is 0 Å². The summed E-state index contributed by atoms with van der Waals surface area (Å²) >= 11 is 5.99. The Bertz CT molecular complexity index is 744. The highest BCUT2D eigenvalue weighted by Gasteiger charge is 2.27. The lowest BCUT2D eigenvalue weighted by Crippen LogP contribution is -2.39. The Morgan fingerprint density at radius 1 is 1.33 bits per heavy atom. The Kier molecular flexibility index (Phi) is 7.20. The van der Waals surface area contributed by atoms with Crippen LogP contribution in [0.25, 0.3) is 0 Å². The van der Waals surface area contributed by atoms with Crippen LogP contribution in [-0.2, 0) is 27.3 Å². The largest absolute Gasteiger partial charge is 0.382 e. The van der Waals surface area contributed by atoms with Gasteiger partial charge in [-0.05, 0) is 30.5 Å². The molecule has 1 fully saturated rings. The number of piperidine rings is 1. The quantitative estimate of drug-likeness (QED) is 0.642. The molecule has 8 heteroatoms. The zero-order valence-corrected chi connectivity index (χ0v) is 16.2. The van der Waals surface area contributed by atoms with Crippen LogP contribution in [0, 0.1) is 0 Å². The number of benzene rings is 1. The van der Waals surface area contributed by atoms with Gasteiger partial charge in [-0.2, -0.15) is 4.98 Å². The minimum Gasteiger partial charge on any atom is -0.382 e. The van der Waals surface area contributed by atoms with Gasteiger partial charge in [0.1, 0.15) is 6.61 Å². The van der Waals surface area contributed by atoms with Crippen LogP contribution in [0.15, 0.2) is 28.8 Å². The average Bonchev–Trinajstić information content (AvgIpc) is 3.14. The van der Waals surface area contributed by atoms with Crippen LogP contribution in [0.1, 0.15) is 36.0 Å². The lowest BCUT2D eigenvalue weighted by molar-refractivity contribution is -0.131. The molecule has 2 heterocycles. The molecule has 0 bridgehead atoms. The van der Waals surface area contributed by atoms with Crippen molar-refractivity contribution < 1.29 is 18.8 Å². The van der Waals surface area contributed by atoms with Crippen molar-refractivity contribution in [3.63, 3.8) is 0 Å². The molecule has 1 aliphatic rings. The van der Waals surface area contributed by atoms with E-state index >= 15 is 0 Å². The molecule has 1 aliphatic heterocycles. The van der Waals surface area contributed by atoms with Crippen molar-refractivity contribution in [2.24, 2.45) is 0 Å². The monoisotopic (exact) mass is 393 g/mol. The molecule has 1 amide bonds. The van der Waals surface area contributed by atoms with Crippen molar-refractivity contribution in [1.82, 2.24) is 15.0 Å². The topological polar surface area (TPSA) is 77.7 Å². The van der Waals surface area contributed by atoms with Crippen molar-refractivity contribution in [1.29, 1.82) is 0 Å². The lowest BCUT2D eigenvalue weighted by Gasteiger charge is -2.30. The van der Waals surface area contributed by atoms with Crippen LogP contribution in [0.5, 0.6) is 0 Å². The van der Waals surface area contributed by atoms with Crippen molar-refractivity contribution in [2.45, 2.75) is 31.8 Å². The summed E-state index contributed by atoms with van der Waals surface area (Å²) in [6.07, 6.45) is 2.02. The summed E-state index contributed by atoms with van der Waals surface area (Å²) in [7, 11) is 1.63. The first kappa shape index (κ1) is 19.8. The van der Waals surface area contributed by atoms with Gasteiger partial charge in [-0.1, -0.05) is 28.9 Å². The van der Waals surface area contributed by atoms with Gasteiger partial charge in [0.15, 0.2) is 5.82 Å². The third-order valence-electron chi connectivity index (χ3n) is 4.60. The number of amides is 1. The summed E-state index contributed by atoms with van der Waals surface area (Å²) in [5, 5.41) is 4.72. The Labute approximate surface area is 163 Å². The minimum atomic E-state index is 0.121. The van der Waals surface area contributed by atoms with Crippen LogP contribution in [0.3, 0.4) is 0 Å². The molecule has 0 N–H and O–H groups in total. The summed E-state index contributed by atoms with van der Waals surface area (Å²) in [5.41, 5.74) is 0.936. The van der Waals surface area contributed by atoms with E-state index in [0.717, 1.165) is 18.4 Å². The lowest BCUT2D eigenvalue weighted by atomic mass is 9.95. The third kappa shape index (κ3) is 5.76. The maximum absolute atomic E-state index is 12.5. The first-order chi connectivity index (χ1) is 13.2. The van der Waals surface area contributed by atoms with Crippen molar-refractivity contribution >= 4 is 17.5 Å². The molecular formula is C19H24ClN3O4. The Balaban J connectivity index is 1.46. The molecule has 0 unspecified atom stereocenters. The van der Waals surface area contributed by atoms with Crippen LogP contribution in [0.4, 0.5) is 0 Å². The highest BCUT2D eigenvalue weighted by atomic mass is 35.5. The van der Waals surface area contributed by atoms with E-state index in [0.29, 0.717) is 49.5 Å². The zero-order valence-electron chi connectivity index (χ0n) is 15.4. The molecule has 2 aromatic rings. The van der Waals surface area contributed by atoms with Crippen molar-refractivity contribution in [3.8, 4) is 0 Å². The van der Waals surface area contributed by atoms with E-state index in [1.54, 1.807) is 7.11 Å². The highest BCUT2D eigenvalue weighted by molar-refractivity contribution is 6.30. The molecule has 0 aliphatic carbocycles. The van der Waals surface area contributed by atoms with Crippen LogP contribution < -0.4 is 0 Å². The van der Waals surface area contributed by atoms with E-state index in [-0.39, 0.29) is 18.4 Å². The van der Waals surface area contributed by atoms with Gasteiger partial charge in [-0.25, -0.2) is 0 Å². The number of aromatic nitrogens is 2. The second-order valence-electron chi connectivity index (χ2n) is 6.55. The van der Waals surface area contributed by atoms with Crippen molar-refractivity contribution in [3.05, 3.63) is 46.6 Å². The zero-order chi connectivity index (χ0) is 19.1. The van der Waals surface area contributed by atoms with Crippen molar-refractivity contribution in [2.75, 3.05) is 33.4 Å². The molecule has 0 atom stereocenters. The molecule has 1 aromatic heterocycles. The second kappa shape index (κ2) is 9.82. The maximum atomic E-state index is 12.5. The number of nitrogens with zero attached hydrogens (tertiary/aromatic N) is 3. The molecule has 1 aromatic carbocycles. The smallest absolute Gasteiger partial charge is 0.252 e. The number of halogens is 1. The number of carbonyl (C=O) groups is 1. The average molecular weight is 394 g/mol. The molecule has 146 valence electrons. The van der Waals surface area contributed by atoms with Gasteiger partial charge >= 0.3 is 0 Å². The van der Waals surface area contributed by atoms with Gasteiger partial charge in [0.2, 0.25) is 5.91 Å². The van der Waals surface area contributed by atoms with E-state index in [1.165, 1.54) is 0 Å². The fourth-order valence-electron chi connectivity index (χ4n) is 3.11. The fraction of sp³-hybridized carbons (Fsp3) is 0.526. The highest BCUT2D eigenvalue weighted by Crippen LogP contribution is 2.26. The number of carbonyl (C=O) groups excluding carboxylic acids is 1. The molecule has 27 heavy (non-hydrogen) atoms. The standard InChI is InChI=1S/C19H24ClN3O4/c1-25-9-10-26-13-17-21-19(22-27-17)15-5-7-23(8-6-15)18(24)12-14-3-2-4-16(20)11-14/h2-4,11,15H,5-10,12-13H2,1H3. The number of methoxy groups -OCH3 is 1. The van der Waals surface area contributed by atoms with E-state index in [9.17, 15) is 4.79 Å². The molecule has 0 radical (unpaired) electrons. The van der Waals surface area contributed by atoms with Crippen LogP contribution in [-0.4, -0.2) is 54.4 Å². The third-order valence-corrected chi connectivity index (χ3v) is 4.83. The fourth-order valence-corrected chi connectivity index (χ4v) is 3.33. The molecule has 7 nitrogen and oxygen atoms in total. The van der Waals surface area contributed by atoms with Gasteiger partial charge < -0.3 is 18.9 Å². The number of ether oxygens (including phenoxy) is 2. The summed E-state index contributed by atoms with van der Waals surface area (Å²) in [6, 6.07) is 7.43. The summed E-state index contributed by atoms with van der Waals surface area (Å²) in [6.45, 7) is 2.69. The predicted molar refractivity (Wildman–Crippen MR) is 99.5 cm³/mol.